The molecule has 1 fully saturated rings. The predicted octanol–water partition coefficient (Wildman–Crippen LogP) is 3.11. The Bertz CT molecular complexity index is 1040. The van der Waals surface area contributed by atoms with Crippen LogP contribution in [0, 0.1) is 12.3 Å². The summed E-state index contributed by atoms with van der Waals surface area (Å²) in [6.07, 6.45) is 7.45. The molecule has 0 aromatic heterocycles. The SMILES string of the molecule is C#CCOc1ccc(CCNC(=O)c2cc(S(=O)(=O)N3CCCC3)ccc2Cl)cc1. The van der Waals surface area contributed by atoms with Gasteiger partial charge in [0.2, 0.25) is 10.0 Å². The van der Waals surface area contributed by atoms with Crippen LogP contribution in [0.3, 0.4) is 0 Å². The zero-order valence-corrected chi connectivity index (χ0v) is 18.0. The first-order chi connectivity index (χ1) is 14.4. The molecule has 3 rings (SSSR count). The Morgan fingerprint density at radius 1 is 1.17 bits per heavy atom. The second-order valence-corrected chi connectivity index (χ2v) is 9.24. The van der Waals surface area contributed by atoms with Crippen molar-refractivity contribution in [1.29, 1.82) is 0 Å². The number of benzene rings is 2. The quantitative estimate of drug-likeness (QED) is 0.632. The number of carbonyl (C=O) groups excluding carboxylic acids is 1. The van der Waals surface area contributed by atoms with Crippen molar-refractivity contribution in [1.82, 2.24) is 9.62 Å². The van der Waals surface area contributed by atoms with E-state index in [1.54, 1.807) is 0 Å². The lowest BCUT2D eigenvalue weighted by Crippen LogP contribution is -2.29. The zero-order valence-electron chi connectivity index (χ0n) is 16.4. The Morgan fingerprint density at radius 2 is 1.87 bits per heavy atom. The number of halogens is 1. The van der Waals surface area contributed by atoms with Crippen LogP contribution in [-0.2, 0) is 16.4 Å². The first kappa shape index (κ1) is 22.2. The molecule has 1 aliphatic rings. The van der Waals surface area contributed by atoms with Crippen molar-refractivity contribution in [2.24, 2.45) is 0 Å². The van der Waals surface area contributed by atoms with Gasteiger partial charge in [-0.3, -0.25) is 4.79 Å². The van der Waals surface area contributed by atoms with Crippen LogP contribution in [0.25, 0.3) is 0 Å². The number of carbonyl (C=O) groups is 1. The molecule has 0 aliphatic carbocycles. The smallest absolute Gasteiger partial charge is 0.252 e. The van der Waals surface area contributed by atoms with Gasteiger partial charge in [-0.25, -0.2) is 8.42 Å². The Labute approximate surface area is 182 Å². The zero-order chi connectivity index (χ0) is 21.6. The molecule has 1 N–H and O–H groups in total. The number of ether oxygens (including phenoxy) is 1. The van der Waals surface area contributed by atoms with Crippen LogP contribution in [0.5, 0.6) is 5.75 Å². The van der Waals surface area contributed by atoms with Gasteiger partial charge in [-0.2, -0.15) is 4.31 Å². The standard InChI is InChI=1S/C22H23ClN2O4S/c1-2-15-29-18-7-5-17(6-8-18)11-12-24-22(26)20-16-19(9-10-21(20)23)30(27,28)25-13-3-4-14-25/h1,5-10,16H,3-4,11-15H2,(H,24,26). The maximum Gasteiger partial charge on any atom is 0.252 e. The number of hydrogen-bond acceptors (Lipinski definition) is 4. The third kappa shape index (κ3) is 5.33. The molecule has 1 amide bonds. The average molecular weight is 447 g/mol. The summed E-state index contributed by atoms with van der Waals surface area (Å²) in [7, 11) is -3.62. The van der Waals surface area contributed by atoms with Crippen LogP contribution in [0.1, 0.15) is 28.8 Å². The highest BCUT2D eigenvalue weighted by Gasteiger charge is 2.28. The van der Waals surface area contributed by atoms with E-state index in [2.05, 4.69) is 11.2 Å². The van der Waals surface area contributed by atoms with Crippen molar-refractivity contribution in [3.8, 4) is 18.1 Å². The second kappa shape index (κ2) is 9.98. The summed E-state index contributed by atoms with van der Waals surface area (Å²) in [5.74, 6) is 2.68. The van der Waals surface area contributed by atoms with E-state index in [-0.39, 0.29) is 22.1 Å². The Hall–Kier alpha value is -2.53. The van der Waals surface area contributed by atoms with Crippen LogP contribution in [0.15, 0.2) is 47.4 Å². The first-order valence-corrected chi connectivity index (χ1v) is 11.5. The summed E-state index contributed by atoms with van der Waals surface area (Å²) in [6.45, 7) is 1.59. The molecule has 0 atom stereocenters. The highest BCUT2D eigenvalue weighted by atomic mass is 35.5. The lowest BCUT2D eigenvalue weighted by atomic mass is 10.1. The van der Waals surface area contributed by atoms with Gasteiger partial charge in [-0.1, -0.05) is 29.7 Å². The van der Waals surface area contributed by atoms with Crippen LogP contribution in [0.4, 0.5) is 0 Å². The molecule has 2 aromatic carbocycles. The fourth-order valence-corrected chi connectivity index (χ4v) is 4.96. The first-order valence-electron chi connectivity index (χ1n) is 9.65. The molecule has 158 valence electrons. The summed E-state index contributed by atoms with van der Waals surface area (Å²) >= 11 is 6.16. The van der Waals surface area contributed by atoms with Crippen LogP contribution >= 0.6 is 11.6 Å². The maximum atomic E-state index is 12.7. The van der Waals surface area contributed by atoms with Crippen molar-refractivity contribution in [2.45, 2.75) is 24.2 Å². The van der Waals surface area contributed by atoms with E-state index >= 15 is 0 Å². The summed E-state index contributed by atoms with van der Waals surface area (Å²) in [5.41, 5.74) is 1.16. The number of nitrogens with zero attached hydrogens (tertiary/aromatic N) is 1. The molecule has 1 saturated heterocycles. The number of terminal acetylenes is 1. The Balaban J connectivity index is 1.62. The normalized spacial score (nSPS) is 14.3. The van der Waals surface area contributed by atoms with Crippen molar-refractivity contribution in [2.75, 3.05) is 26.2 Å². The number of sulfonamides is 1. The van der Waals surface area contributed by atoms with E-state index in [1.165, 1.54) is 22.5 Å². The molecule has 30 heavy (non-hydrogen) atoms. The summed E-state index contributed by atoms with van der Waals surface area (Å²) in [5, 5.41) is 3.01. The fourth-order valence-electron chi connectivity index (χ4n) is 3.21. The molecule has 6 nitrogen and oxygen atoms in total. The predicted molar refractivity (Wildman–Crippen MR) is 116 cm³/mol. The van der Waals surface area contributed by atoms with Crippen molar-refractivity contribution in [3.63, 3.8) is 0 Å². The van der Waals surface area contributed by atoms with Gasteiger partial charge in [-0.15, -0.1) is 6.42 Å². The third-order valence-electron chi connectivity index (χ3n) is 4.83. The second-order valence-electron chi connectivity index (χ2n) is 6.90. The molecule has 0 bridgehead atoms. The van der Waals surface area contributed by atoms with Crippen molar-refractivity contribution in [3.05, 3.63) is 58.6 Å². The molecular formula is C22H23ClN2O4S. The Morgan fingerprint density at radius 3 is 2.53 bits per heavy atom. The fraction of sp³-hybridized carbons (Fsp3) is 0.318. The maximum absolute atomic E-state index is 12.7. The highest BCUT2D eigenvalue weighted by molar-refractivity contribution is 7.89. The van der Waals surface area contributed by atoms with Gasteiger partial charge in [-0.05, 0) is 55.2 Å². The lowest BCUT2D eigenvalue weighted by molar-refractivity contribution is 0.0954. The van der Waals surface area contributed by atoms with Crippen molar-refractivity contribution < 1.29 is 17.9 Å². The molecule has 0 spiro atoms. The summed E-state index contributed by atoms with van der Waals surface area (Å²) in [4.78, 5) is 12.7. The van der Waals surface area contributed by atoms with E-state index in [0.717, 1.165) is 18.4 Å². The van der Waals surface area contributed by atoms with E-state index in [0.29, 0.717) is 31.8 Å². The third-order valence-corrected chi connectivity index (χ3v) is 7.05. The monoisotopic (exact) mass is 446 g/mol. The number of nitrogens with one attached hydrogen (secondary N) is 1. The molecule has 0 unspecified atom stereocenters. The molecule has 1 aliphatic heterocycles. The minimum Gasteiger partial charge on any atom is -0.481 e. The van der Waals surface area contributed by atoms with E-state index in [1.807, 2.05) is 24.3 Å². The molecule has 0 saturated carbocycles. The Kier molecular flexibility index (Phi) is 7.38. The van der Waals surface area contributed by atoms with Gasteiger partial charge < -0.3 is 10.1 Å². The van der Waals surface area contributed by atoms with Gasteiger partial charge in [0.05, 0.1) is 15.5 Å². The van der Waals surface area contributed by atoms with Gasteiger partial charge in [0, 0.05) is 19.6 Å². The lowest BCUT2D eigenvalue weighted by Gasteiger charge is -2.16. The van der Waals surface area contributed by atoms with Gasteiger partial charge in [0.1, 0.15) is 12.4 Å². The molecule has 2 aromatic rings. The molecule has 0 radical (unpaired) electrons. The van der Waals surface area contributed by atoms with Gasteiger partial charge in [0.25, 0.3) is 5.91 Å². The van der Waals surface area contributed by atoms with Gasteiger partial charge >= 0.3 is 0 Å². The van der Waals surface area contributed by atoms with Crippen LogP contribution in [-0.4, -0.2) is 44.9 Å². The summed E-state index contributed by atoms with van der Waals surface area (Å²) < 4.78 is 32.3. The topological polar surface area (TPSA) is 75.7 Å². The summed E-state index contributed by atoms with van der Waals surface area (Å²) in [6, 6.07) is 11.7. The molecule has 1 heterocycles. The highest BCUT2D eigenvalue weighted by Crippen LogP contribution is 2.25. The number of rotatable bonds is 8. The van der Waals surface area contributed by atoms with Gasteiger partial charge in [0.15, 0.2) is 0 Å². The van der Waals surface area contributed by atoms with Crippen LogP contribution < -0.4 is 10.1 Å². The molecular weight excluding hydrogens is 424 g/mol. The van der Waals surface area contributed by atoms with Crippen molar-refractivity contribution >= 4 is 27.5 Å². The minimum absolute atomic E-state index is 0.0847. The van der Waals surface area contributed by atoms with E-state index < -0.39 is 15.9 Å². The van der Waals surface area contributed by atoms with E-state index in [4.69, 9.17) is 22.8 Å². The number of amides is 1. The van der Waals surface area contributed by atoms with Crippen LogP contribution in [0.2, 0.25) is 5.02 Å². The molecule has 8 heteroatoms. The largest absolute Gasteiger partial charge is 0.481 e. The number of hydrogen-bond donors (Lipinski definition) is 1. The minimum atomic E-state index is -3.62. The average Bonchev–Trinajstić information content (AvgIpc) is 3.29. The van der Waals surface area contributed by atoms with E-state index in [9.17, 15) is 13.2 Å².